The highest BCUT2D eigenvalue weighted by molar-refractivity contribution is 5.91. The van der Waals surface area contributed by atoms with Gasteiger partial charge >= 0.3 is 0 Å². The zero-order valence-corrected chi connectivity index (χ0v) is 19.8. The molecular weight excluding hydrogens is 476 g/mol. The predicted molar refractivity (Wildman–Crippen MR) is 133 cm³/mol. The van der Waals surface area contributed by atoms with Crippen LogP contribution < -0.4 is 0 Å². The van der Waals surface area contributed by atoms with Gasteiger partial charge in [-0.25, -0.2) is 17.6 Å². The molecule has 0 saturated carbocycles. The van der Waals surface area contributed by atoms with E-state index in [1.54, 1.807) is 6.07 Å². The van der Waals surface area contributed by atoms with Crippen molar-refractivity contribution in [2.75, 3.05) is 0 Å². The Kier molecular flexibility index (Phi) is 4.80. The van der Waals surface area contributed by atoms with Crippen LogP contribution in [-0.2, 0) is 31.3 Å². The van der Waals surface area contributed by atoms with Crippen LogP contribution in [0.2, 0.25) is 0 Å². The SMILES string of the molecule is Fc1ccc2c(c1F)CC1=C2c2ccccc2C1.OC12c3ccccc3CC1Cc1c2ccc(F)c1F. The first-order chi connectivity index (χ1) is 17.9. The van der Waals surface area contributed by atoms with Crippen molar-refractivity contribution in [3.63, 3.8) is 0 Å². The van der Waals surface area contributed by atoms with Gasteiger partial charge in [0.2, 0.25) is 0 Å². The van der Waals surface area contributed by atoms with Gasteiger partial charge in [0.05, 0.1) is 0 Å². The maximum Gasteiger partial charge on any atom is 0.162 e. The summed E-state index contributed by atoms with van der Waals surface area (Å²) in [7, 11) is 0. The summed E-state index contributed by atoms with van der Waals surface area (Å²) in [4.78, 5) is 0. The first-order valence-electron chi connectivity index (χ1n) is 12.4. The molecule has 0 aromatic heterocycles. The van der Waals surface area contributed by atoms with Crippen LogP contribution in [0.15, 0.2) is 78.4 Å². The largest absolute Gasteiger partial charge is 0.380 e. The molecule has 0 spiro atoms. The maximum atomic E-state index is 13.9. The third-order valence-corrected chi connectivity index (χ3v) is 8.44. The lowest BCUT2D eigenvalue weighted by atomic mass is 9.86. The van der Waals surface area contributed by atoms with Gasteiger partial charge in [-0.05, 0) is 82.3 Å². The molecule has 37 heavy (non-hydrogen) atoms. The lowest BCUT2D eigenvalue weighted by Gasteiger charge is -2.25. The number of benzene rings is 4. The Balaban J connectivity index is 0.000000125. The Morgan fingerprint density at radius 1 is 0.622 bits per heavy atom. The van der Waals surface area contributed by atoms with Gasteiger partial charge in [0.25, 0.3) is 0 Å². The second-order valence-corrected chi connectivity index (χ2v) is 10.3. The first-order valence-corrected chi connectivity index (χ1v) is 12.4. The third-order valence-electron chi connectivity index (χ3n) is 8.44. The fraction of sp³-hybridized carbons (Fsp3) is 0.188. The summed E-state index contributed by atoms with van der Waals surface area (Å²) in [5.74, 6) is -3.16. The minimum absolute atomic E-state index is 0.0869. The molecule has 4 aliphatic rings. The molecule has 0 fully saturated rings. The van der Waals surface area contributed by atoms with Crippen LogP contribution in [0.1, 0.15) is 44.5 Å². The van der Waals surface area contributed by atoms with Crippen LogP contribution in [0.5, 0.6) is 0 Å². The van der Waals surface area contributed by atoms with Gasteiger partial charge in [-0.15, -0.1) is 0 Å². The number of fused-ring (bicyclic) bond motifs is 9. The molecule has 4 aliphatic carbocycles. The number of hydrogen-bond acceptors (Lipinski definition) is 1. The van der Waals surface area contributed by atoms with E-state index in [9.17, 15) is 22.7 Å². The Morgan fingerprint density at radius 2 is 1.30 bits per heavy atom. The second-order valence-electron chi connectivity index (χ2n) is 10.3. The fourth-order valence-corrected chi connectivity index (χ4v) is 6.81. The summed E-state index contributed by atoms with van der Waals surface area (Å²) in [6.07, 6.45) is 2.51. The number of rotatable bonds is 0. The molecule has 4 aromatic rings. The highest BCUT2D eigenvalue weighted by Crippen LogP contribution is 2.53. The Labute approximate surface area is 211 Å². The Bertz CT molecular complexity index is 1650. The van der Waals surface area contributed by atoms with Crippen molar-refractivity contribution in [1.29, 1.82) is 0 Å². The molecule has 0 amide bonds. The van der Waals surface area contributed by atoms with Gasteiger partial charge in [-0.2, -0.15) is 0 Å². The number of aliphatic hydroxyl groups is 1. The van der Waals surface area contributed by atoms with Gasteiger partial charge in [0.1, 0.15) is 5.60 Å². The van der Waals surface area contributed by atoms with Crippen molar-refractivity contribution < 1.29 is 22.7 Å². The van der Waals surface area contributed by atoms with E-state index in [-0.39, 0.29) is 5.92 Å². The number of allylic oxidation sites excluding steroid dienone is 1. The molecule has 1 N–H and O–H groups in total. The van der Waals surface area contributed by atoms with E-state index in [4.69, 9.17) is 0 Å². The molecule has 1 nitrogen and oxygen atoms in total. The maximum absolute atomic E-state index is 13.9. The monoisotopic (exact) mass is 498 g/mol. The quantitative estimate of drug-likeness (QED) is 0.264. The van der Waals surface area contributed by atoms with Crippen LogP contribution >= 0.6 is 0 Å². The average molecular weight is 499 g/mol. The summed E-state index contributed by atoms with van der Waals surface area (Å²) < 4.78 is 54.2. The van der Waals surface area contributed by atoms with E-state index < -0.39 is 28.9 Å². The molecule has 2 atom stereocenters. The van der Waals surface area contributed by atoms with Crippen LogP contribution in [0.25, 0.3) is 5.57 Å². The number of halogens is 4. The predicted octanol–water partition coefficient (Wildman–Crippen LogP) is 6.81. The zero-order chi connectivity index (χ0) is 25.5. The standard InChI is InChI=1S/C16H12F2O.C16H10F2/c17-14-6-5-13-11(15(14)18)8-10-7-9-3-1-2-4-12(9)16(10,13)19;17-14-6-5-12-13(16(14)18)8-10-7-9-3-1-2-4-11(9)15(10)12/h1-6,10,19H,7-8H2;1-6H,7-8H2. The molecule has 184 valence electrons. The Hall–Kier alpha value is -3.70. The molecule has 8 rings (SSSR count). The van der Waals surface area contributed by atoms with Crippen molar-refractivity contribution in [1.82, 2.24) is 0 Å². The van der Waals surface area contributed by atoms with Crippen LogP contribution in [0.3, 0.4) is 0 Å². The second kappa shape index (κ2) is 7.90. The van der Waals surface area contributed by atoms with Crippen molar-refractivity contribution in [2.45, 2.75) is 31.3 Å². The fourth-order valence-electron chi connectivity index (χ4n) is 6.81. The summed E-state index contributed by atoms with van der Waals surface area (Å²) in [6.45, 7) is 0. The van der Waals surface area contributed by atoms with Crippen molar-refractivity contribution in [3.05, 3.63) is 146 Å². The smallest absolute Gasteiger partial charge is 0.162 e. The van der Waals surface area contributed by atoms with Gasteiger partial charge < -0.3 is 5.11 Å². The lowest BCUT2D eigenvalue weighted by molar-refractivity contribution is 0.0442. The zero-order valence-electron chi connectivity index (χ0n) is 19.8. The van der Waals surface area contributed by atoms with E-state index in [1.165, 1.54) is 28.8 Å². The summed E-state index contributed by atoms with van der Waals surface area (Å²) in [5, 5.41) is 11.1. The van der Waals surface area contributed by atoms with Crippen LogP contribution in [0.4, 0.5) is 17.6 Å². The van der Waals surface area contributed by atoms with Crippen molar-refractivity contribution in [3.8, 4) is 0 Å². The van der Waals surface area contributed by atoms with Crippen LogP contribution in [0, 0.1) is 29.2 Å². The average Bonchev–Trinajstić information content (AvgIpc) is 3.60. The molecule has 0 saturated heterocycles. The first kappa shape index (κ1) is 22.5. The molecule has 2 unspecified atom stereocenters. The molecule has 0 bridgehead atoms. The lowest BCUT2D eigenvalue weighted by Crippen LogP contribution is -2.28. The van der Waals surface area contributed by atoms with E-state index in [0.717, 1.165) is 34.8 Å². The minimum Gasteiger partial charge on any atom is -0.380 e. The molecule has 0 radical (unpaired) electrons. The third kappa shape index (κ3) is 3.07. The topological polar surface area (TPSA) is 20.2 Å². The molecular formula is C32H22F4O. The summed E-state index contributed by atoms with van der Waals surface area (Å²) in [5.41, 5.74) is 7.85. The van der Waals surface area contributed by atoms with Crippen LogP contribution in [-0.4, -0.2) is 5.11 Å². The molecule has 0 aliphatic heterocycles. The number of hydrogen-bond donors (Lipinski definition) is 1. The highest BCUT2D eigenvalue weighted by atomic mass is 19.2. The minimum atomic E-state index is -1.15. The molecule has 5 heteroatoms. The van der Waals surface area contributed by atoms with Gasteiger partial charge in [-0.1, -0.05) is 66.2 Å². The normalized spacial score (nSPS) is 21.5. The van der Waals surface area contributed by atoms with Crippen molar-refractivity contribution in [2.24, 2.45) is 5.92 Å². The van der Waals surface area contributed by atoms with E-state index in [1.807, 2.05) is 36.4 Å². The molecule has 0 heterocycles. The van der Waals surface area contributed by atoms with Gasteiger partial charge in [-0.3, -0.25) is 0 Å². The Morgan fingerprint density at radius 3 is 2.11 bits per heavy atom. The summed E-state index contributed by atoms with van der Waals surface area (Å²) >= 11 is 0. The van der Waals surface area contributed by atoms with E-state index in [0.29, 0.717) is 36.0 Å². The van der Waals surface area contributed by atoms with Gasteiger partial charge in [0.15, 0.2) is 23.3 Å². The van der Waals surface area contributed by atoms with E-state index >= 15 is 0 Å². The van der Waals surface area contributed by atoms with Crippen molar-refractivity contribution >= 4 is 5.57 Å². The molecule has 4 aromatic carbocycles. The summed E-state index contributed by atoms with van der Waals surface area (Å²) in [6, 6.07) is 21.4. The highest BCUT2D eigenvalue weighted by Gasteiger charge is 2.52. The van der Waals surface area contributed by atoms with Gasteiger partial charge in [0, 0.05) is 11.5 Å². The van der Waals surface area contributed by atoms with E-state index in [2.05, 4.69) is 12.1 Å².